The molecule has 2 fully saturated rings. The van der Waals surface area contributed by atoms with Crippen LogP contribution < -0.4 is 16.2 Å². The predicted octanol–water partition coefficient (Wildman–Crippen LogP) is 2.25. The van der Waals surface area contributed by atoms with Gasteiger partial charge in [0.15, 0.2) is 0 Å². The van der Waals surface area contributed by atoms with E-state index in [9.17, 15) is 14.4 Å². The summed E-state index contributed by atoms with van der Waals surface area (Å²) in [5.74, 6) is 0.136. The van der Waals surface area contributed by atoms with E-state index in [2.05, 4.69) is 20.5 Å². The zero-order valence-corrected chi connectivity index (χ0v) is 18.8. The monoisotopic (exact) mass is 436 g/mol. The van der Waals surface area contributed by atoms with E-state index in [-0.39, 0.29) is 30.0 Å². The molecule has 32 heavy (non-hydrogen) atoms. The maximum atomic E-state index is 12.2. The van der Waals surface area contributed by atoms with Crippen molar-refractivity contribution in [1.29, 1.82) is 0 Å². The van der Waals surface area contributed by atoms with Crippen LogP contribution in [0.4, 0.5) is 0 Å². The second-order valence-electron chi connectivity index (χ2n) is 9.22. The van der Waals surface area contributed by atoms with E-state index >= 15 is 0 Å². The van der Waals surface area contributed by atoms with Gasteiger partial charge in [0.25, 0.3) is 11.5 Å². The van der Waals surface area contributed by atoms with Crippen LogP contribution in [-0.2, 0) is 4.79 Å². The number of amides is 2. The highest BCUT2D eigenvalue weighted by Crippen LogP contribution is 2.35. The van der Waals surface area contributed by atoms with Crippen LogP contribution in [0.15, 0.2) is 41.3 Å². The summed E-state index contributed by atoms with van der Waals surface area (Å²) < 4.78 is 0. The van der Waals surface area contributed by atoms with E-state index in [1.165, 1.54) is 5.56 Å². The molecule has 2 heterocycles. The summed E-state index contributed by atoms with van der Waals surface area (Å²) in [6.45, 7) is 5.52. The maximum absolute atomic E-state index is 12.2. The molecule has 2 amide bonds. The van der Waals surface area contributed by atoms with Crippen LogP contribution in [0, 0.1) is 13.8 Å². The van der Waals surface area contributed by atoms with E-state index in [1.807, 2.05) is 44.3 Å². The predicted molar refractivity (Wildman–Crippen MR) is 124 cm³/mol. The first kappa shape index (κ1) is 22.3. The standard InChI is InChI=1S/C25H32N4O3/c1-16-4-3-5-19(10-16)25(32)27-13-23(30)28-21-14-29(15-21)22-8-6-18(7-9-22)20-11-17(2)24(31)26-12-20/h3-5,10-12,18,21-22H,6-9,13-15H2,1-2H3,(H,26,31)(H,27,32)(H,28,30). The highest BCUT2D eigenvalue weighted by atomic mass is 16.2. The highest BCUT2D eigenvalue weighted by molar-refractivity contribution is 5.96. The molecule has 170 valence electrons. The summed E-state index contributed by atoms with van der Waals surface area (Å²) in [5, 5.41) is 5.72. The van der Waals surface area contributed by atoms with Gasteiger partial charge in [0, 0.05) is 36.5 Å². The van der Waals surface area contributed by atoms with Gasteiger partial charge in [0.05, 0.1) is 12.6 Å². The Labute approximate surface area is 188 Å². The van der Waals surface area contributed by atoms with Gasteiger partial charge in [0.2, 0.25) is 5.91 Å². The number of nitrogens with zero attached hydrogens (tertiary/aromatic N) is 1. The minimum atomic E-state index is -0.228. The van der Waals surface area contributed by atoms with Gasteiger partial charge in [-0.15, -0.1) is 0 Å². The van der Waals surface area contributed by atoms with Crippen LogP contribution in [0.3, 0.4) is 0 Å². The Morgan fingerprint density at radius 2 is 1.84 bits per heavy atom. The van der Waals surface area contributed by atoms with Gasteiger partial charge in [-0.3, -0.25) is 19.3 Å². The molecule has 0 unspecified atom stereocenters. The van der Waals surface area contributed by atoms with Gasteiger partial charge >= 0.3 is 0 Å². The molecule has 1 aromatic carbocycles. The molecule has 7 nitrogen and oxygen atoms in total. The van der Waals surface area contributed by atoms with Crippen molar-refractivity contribution in [2.24, 2.45) is 0 Å². The van der Waals surface area contributed by atoms with Crippen molar-refractivity contribution in [3.05, 3.63) is 69.1 Å². The number of likely N-dealkylation sites (tertiary alicyclic amines) is 1. The zero-order chi connectivity index (χ0) is 22.7. The Bertz CT molecular complexity index is 1030. The van der Waals surface area contributed by atoms with Gasteiger partial charge in [-0.05, 0) is 69.2 Å². The molecular weight excluding hydrogens is 404 g/mol. The summed E-state index contributed by atoms with van der Waals surface area (Å²) in [5.41, 5.74) is 3.59. The lowest BCUT2D eigenvalue weighted by Crippen LogP contribution is -2.63. The average Bonchev–Trinajstić information content (AvgIpc) is 2.76. The Morgan fingerprint density at radius 1 is 1.09 bits per heavy atom. The van der Waals surface area contributed by atoms with Gasteiger partial charge < -0.3 is 15.6 Å². The first-order valence-corrected chi connectivity index (χ1v) is 11.5. The third-order valence-electron chi connectivity index (χ3n) is 6.76. The number of aryl methyl sites for hydroxylation is 2. The second-order valence-corrected chi connectivity index (χ2v) is 9.22. The summed E-state index contributed by atoms with van der Waals surface area (Å²) in [4.78, 5) is 41.3. The lowest BCUT2D eigenvalue weighted by atomic mass is 9.80. The number of pyridine rings is 1. The fourth-order valence-electron chi connectivity index (χ4n) is 4.86. The average molecular weight is 437 g/mol. The highest BCUT2D eigenvalue weighted by Gasteiger charge is 2.35. The van der Waals surface area contributed by atoms with E-state index in [4.69, 9.17) is 0 Å². The molecule has 7 heteroatoms. The number of hydrogen-bond donors (Lipinski definition) is 3. The van der Waals surface area contributed by atoms with Crippen molar-refractivity contribution in [3.8, 4) is 0 Å². The number of nitrogens with one attached hydrogen (secondary N) is 3. The molecule has 0 atom stereocenters. The van der Waals surface area contributed by atoms with Crippen molar-refractivity contribution in [3.63, 3.8) is 0 Å². The molecule has 0 bridgehead atoms. The number of rotatable bonds is 6. The normalized spacial score (nSPS) is 21.6. The number of aromatic nitrogens is 1. The number of aromatic amines is 1. The van der Waals surface area contributed by atoms with Gasteiger partial charge in [0.1, 0.15) is 0 Å². The Kier molecular flexibility index (Phi) is 6.74. The molecule has 0 radical (unpaired) electrons. The molecule has 1 saturated heterocycles. The topological polar surface area (TPSA) is 94.3 Å². The van der Waals surface area contributed by atoms with Crippen LogP contribution >= 0.6 is 0 Å². The largest absolute Gasteiger partial charge is 0.349 e. The smallest absolute Gasteiger partial charge is 0.251 e. The van der Waals surface area contributed by atoms with Crippen molar-refractivity contribution in [2.75, 3.05) is 19.6 Å². The number of hydrogen-bond acceptors (Lipinski definition) is 4. The number of carbonyl (C=O) groups excluding carboxylic acids is 2. The summed E-state index contributed by atoms with van der Waals surface area (Å²) in [7, 11) is 0. The third kappa shape index (κ3) is 5.27. The number of benzene rings is 1. The molecule has 0 spiro atoms. The number of H-pyrrole nitrogens is 1. The van der Waals surface area contributed by atoms with Crippen molar-refractivity contribution in [2.45, 2.75) is 57.5 Å². The molecule has 1 aromatic heterocycles. The molecule has 4 rings (SSSR count). The lowest BCUT2D eigenvalue weighted by molar-refractivity contribution is -0.122. The molecular formula is C25H32N4O3. The second kappa shape index (κ2) is 9.69. The molecule has 3 N–H and O–H groups in total. The quantitative estimate of drug-likeness (QED) is 0.647. The Hall–Kier alpha value is -2.93. The van der Waals surface area contributed by atoms with Crippen molar-refractivity contribution in [1.82, 2.24) is 20.5 Å². The van der Waals surface area contributed by atoms with E-state index in [1.54, 1.807) is 6.07 Å². The molecule has 1 aliphatic carbocycles. The minimum absolute atomic E-state index is 0.00698. The SMILES string of the molecule is Cc1cccc(C(=O)NCC(=O)NC2CN(C3CCC(c4c[nH]c(=O)c(C)c4)CC3)C2)c1. The van der Waals surface area contributed by atoms with Gasteiger partial charge in [-0.2, -0.15) is 0 Å². The van der Waals surface area contributed by atoms with E-state index in [0.717, 1.165) is 49.9 Å². The first-order chi connectivity index (χ1) is 15.4. The minimum Gasteiger partial charge on any atom is -0.349 e. The lowest BCUT2D eigenvalue weighted by Gasteiger charge is -2.46. The van der Waals surface area contributed by atoms with Crippen LogP contribution in [0.2, 0.25) is 0 Å². The third-order valence-corrected chi connectivity index (χ3v) is 6.76. The van der Waals surface area contributed by atoms with Crippen LogP contribution in [-0.4, -0.2) is 53.4 Å². The number of carbonyl (C=O) groups is 2. The molecule has 2 aliphatic rings. The van der Waals surface area contributed by atoms with Crippen LogP contribution in [0.25, 0.3) is 0 Å². The Balaban J connectivity index is 1.16. The summed E-state index contributed by atoms with van der Waals surface area (Å²) in [6, 6.07) is 10.1. The molecule has 2 aromatic rings. The first-order valence-electron chi connectivity index (χ1n) is 11.5. The van der Waals surface area contributed by atoms with E-state index < -0.39 is 0 Å². The maximum Gasteiger partial charge on any atom is 0.251 e. The zero-order valence-electron chi connectivity index (χ0n) is 18.8. The summed E-state index contributed by atoms with van der Waals surface area (Å²) in [6.07, 6.45) is 6.38. The van der Waals surface area contributed by atoms with Crippen LogP contribution in [0.5, 0.6) is 0 Å². The fraction of sp³-hybridized carbons (Fsp3) is 0.480. The summed E-state index contributed by atoms with van der Waals surface area (Å²) >= 11 is 0. The van der Waals surface area contributed by atoms with Crippen molar-refractivity contribution < 1.29 is 9.59 Å². The molecule has 1 saturated carbocycles. The van der Waals surface area contributed by atoms with E-state index in [0.29, 0.717) is 17.5 Å². The van der Waals surface area contributed by atoms with Gasteiger partial charge in [-0.1, -0.05) is 17.7 Å². The van der Waals surface area contributed by atoms with Gasteiger partial charge in [-0.25, -0.2) is 0 Å². The molecule has 1 aliphatic heterocycles. The fourth-order valence-corrected chi connectivity index (χ4v) is 4.86. The Morgan fingerprint density at radius 3 is 2.53 bits per heavy atom. The van der Waals surface area contributed by atoms with Crippen molar-refractivity contribution >= 4 is 11.8 Å². The van der Waals surface area contributed by atoms with Crippen LogP contribution in [0.1, 0.15) is 58.6 Å².